The van der Waals surface area contributed by atoms with Crippen LogP contribution in [0.2, 0.25) is 0 Å². The standard InChI is InChI=1S/C10H14INO3/c1-10(2,15-3)6-12-5-7(11)4-8(12)9(13)14/h4-5H,6H2,1-3H3,(H,13,14). The Balaban J connectivity index is 2.99. The molecule has 1 aromatic rings. The molecule has 0 aliphatic carbocycles. The van der Waals surface area contributed by atoms with Crippen molar-refractivity contribution < 1.29 is 14.6 Å². The number of hydrogen-bond acceptors (Lipinski definition) is 2. The topological polar surface area (TPSA) is 51.5 Å². The molecule has 1 heterocycles. The molecule has 0 bridgehead atoms. The number of carbonyl (C=O) groups is 1. The minimum Gasteiger partial charge on any atom is -0.477 e. The first-order valence-electron chi connectivity index (χ1n) is 4.50. The van der Waals surface area contributed by atoms with Gasteiger partial charge in [-0.15, -0.1) is 0 Å². The molecule has 0 atom stereocenters. The lowest BCUT2D eigenvalue weighted by Gasteiger charge is -2.24. The summed E-state index contributed by atoms with van der Waals surface area (Å²) >= 11 is 2.10. The quantitative estimate of drug-likeness (QED) is 0.865. The van der Waals surface area contributed by atoms with E-state index in [0.717, 1.165) is 3.57 Å². The molecule has 4 nitrogen and oxygen atoms in total. The summed E-state index contributed by atoms with van der Waals surface area (Å²) in [4.78, 5) is 10.9. The SMILES string of the molecule is COC(C)(C)Cn1cc(I)cc1C(=O)O. The van der Waals surface area contributed by atoms with Gasteiger partial charge < -0.3 is 14.4 Å². The molecule has 5 heteroatoms. The highest BCUT2D eigenvalue weighted by Gasteiger charge is 2.21. The Hall–Kier alpha value is -0.560. The predicted molar refractivity (Wildman–Crippen MR) is 65.2 cm³/mol. The number of aromatic nitrogens is 1. The average Bonchev–Trinajstić information content (AvgIpc) is 2.46. The van der Waals surface area contributed by atoms with Crippen LogP contribution in [0.1, 0.15) is 24.3 Å². The van der Waals surface area contributed by atoms with E-state index >= 15 is 0 Å². The van der Waals surface area contributed by atoms with E-state index in [2.05, 4.69) is 22.6 Å². The Morgan fingerprint density at radius 3 is 2.73 bits per heavy atom. The first kappa shape index (κ1) is 12.5. The minimum absolute atomic E-state index is 0.296. The monoisotopic (exact) mass is 323 g/mol. The predicted octanol–water partition coefficient (Wildman–Crippen LogP) is 2.22. The molecule has 0 amide bonds. The van der Waals surface area contributed by atoms with Gasteiger partial charge >= 0.3 is 5.97 Å². The molecular formula is C10H14INO3. The number of methoxy groups -OCH3 is 1. The van der Waals surface area contributed by atoms with Crippen molar-refractivity contribution in [1.29, 1.82) is 0 Å². The number of carboxylic acids is 1. The molecule has 15 heavy (non-hydrogen) atoms. The molecule has 0 saturated carbocycles. The lowest BCUT2D eigenvalue weighted by Crippen LogP contribution is -2.30. The lowest BCUT2D eigenvalue weighted by atomic mass is 10.1. The molecule has 0 saturated heterocycles. The fourth-order valence-corrected chi connectivity index (χ4v) is 1.89. The second kappa shape index (κ2) is 4.52. The Morgan fingerprint density at radius 2 is 2.27 bits per heavy atom. The van der Waals surface area contributed by atoms with E-state index in [1.54, 1.807) is 17.7 Å². The van der Waals surface area contributed by atoms with E-state index in [9.17, 15) is 4.79 Å². The smallest absolute Gasteiger partial charge is 0.352 e. The molecule has 0 spiro atoms. The van der Waals surface area contributed by atoms with Crippen molar-refractivity contribution in [1.82, 2.24) is 4.57 Å². The van der Waals surface area contributed by atoms with Gasteiger partial charge in [0.2, 0.25) is 0 Å². The molecule has 1 N–H and O–H groups in total. The third kappa shape index (κ3) is 3.20. The maximum Gasteiger partial charge on any atom is 0.352 e. The molecule has 0 aromatic carbocycles. The highest BCUT2D eigenvalue weighted by Crippen LogP contribution is 2.17. The van der Waals surface area contributed by atoms with Crippen LogP contribution in [-0.2, 0) is 11.3 Å². The zero-order valence-electron chi connectivity index (χ0n) is 8.95. The maximum absolute atomic E-state index is 10.9. The zero-order valence-corrected chi connectivity index (χ0v) is 11.1. The van der Waals surface area contributed by atoms with Crippen LogP contribution in [0.5, 0.6) is 0 Å². The number of halogens is 1. The average molecular weight is 323 g/mol. The van der Waals surface area contributed by atoms with E-state index in [1.807, 2.05) is 20.0 Å². The summed E-state index contributed by atoms with van der Waals surface area (Å²) in [6.07, 6.45) is 1.81. The highest BCUT2D eigenvalue weighted by molar-refractivity contribution is 14.1. The number of aromatic carboxylic acids is 1. The van der Waals surface area contributed by atoms with Gasteiger partial charge in [-0.2, -0.15) is 0 Å². The summed E-state index contributed by atoms with van der Waals surface area (Å²) < 4.78 is 7.89. The Bertz CT molecular complexity index is 371. The van der Waals surface area contributed by atoms with Gasteiger partial charge in [0.25, 0.3) is 0 Å². The number of hydrogen-bond donors (Lipinski definition) is 1. The molecule has 84 valence electrons. The summed E-state index contributed by atoms with van der Waals surface area (Å²) in [5, 5.41) is 8.98. The lowest BCUT2D eigenvalue weighted by molar-refractivity contribution is 0.00740. The van der Waals surface area contributed by atoms with Crippen LogP contribution in [0.15, 0.2) is 12.3 Å². The first-order valence-corrected chi connectivity index (χ1v) is 5.58. The molecule has 1 rings (SSSR count). The van der Waals surface area contributed by atoms with Gasteiger partial charge in [-0.25, -0.2) is 4.79 Å². The first-order chi connectivity index (χ1) is 6.85. The van der Waals surface area contributed by atoms with Crippen LogP contribution in [-0.4, -0.2) is 28.4 Å². The van der Waals surface area contributed by atoms with Crippen molar-refractivity contribution in [3.63, 3.8) is 0 Å². The van der Waals surface area contributed by atoms with Crippen LogP contribution < -0.4 is 0 Å². The second-order valence-corrected chi connectivity index (χ2v) is 5.19. The molecule has 0 unspecified atom stereocenters. The van der Waals surface area contributed by atoms with Gasteiger partial charge in [0.05, 0.1) is 12.1 Å². The molecule has 0 radical (unpaired) electrons. The second-order valence-electron chi connectivity index (χ2n) is 3.94. The number of carboxylic acid groups (broad SMARTS) is 1. The highest BCUT2D eigenvalue weighted by atomic mass is 127. The van der Waals surface area contributed by atoms with E-state index < -0.39 is 5.97 Å². The normalized spacial score (nSPS) is 11.7. The van der Waals surface area contributed by atoms with Gasteiger partial charge in [-0.1, -0.05) is 0 Å². The van der Waals surface area contributed by atoms with Crippen LogP contribution in [0.4, 0.5) is 0 Å². The molecular weight excluding hydrogens is 309 g/mol. The fourth-order valence-electron chi connectivity index (χ4n) is 1.26. The Labute approximate surface area is 102 Å². The van der Waals surface area contributed by atoms with E-state index in [0.29, 0.717) is 12.2 Å². The largest absolute Gasteiger partial charge is 0.477 e. The third-order valence-electron chi connectivity index (χ3n) is 2.19. The fraction of sp³-hybridized carbons (Fsp3) is 0.500. The molecule has 1 aromatic heterocycles. The molecule has 0 aliphatic rings. The van der Waals surface area contributed by atoms with Crippen molar-refractivity contribution in [3.05, 3.63) is 21.5 Å². The van der Waals surface area contributed by atoms with Gasteiger partial charge in [0.15, 0.2) is 0 Å². The van der Waals surface area contributed by atoms with Gasteiger partial charge in [0, 0.05) is 16.9 Å². The zero-order chi connectivity index (χ0) is 11.6. The number of rotatable bonds is 4. The summed E-state index contributed by atoms with van der Waals surface area (Å²) in [5.74, 6) is -0.912. The summed E-state index contributed by atoms with van der Waals surface area (Å²) in [6, 6.07) is 1.65. The summed E-state index contributed by atoms with van der Waals surface area (Å²) in [7, 11) is 1.62. The van der Waals surface area contributed by atoms with Gasteiger partial charge in [0.1, 0.15) is 5.69 Å². The van der Waals surface area contributed by atoms with E-state index in [-0.39, 0.29) is 5.60 Å². The van der Waals surface area contributed by atoms with Crippen LogP contribution in [0, 0.1) is 3.57 Å². The van der Waals surface area contributed by atoms with Crippen molar-refractivity contribution >= 4 is 28.6 Å². The van der Waals surface area contributed by atoms with E-state index in [1.165, 1.54) is 0 Å². The molecule has 0 fully saturated rings. The van der Waals surface area contributed by atoms with Crippen LogP contribution in [0.25, 0.3) is 0 Å². The molecule has 0 aliphatic heterocycles. The van der Waals surface area contributed by atoms with E-state index in [4.69, 9.17) is 9.84 Å². The Morgan fingerprint density at radius 1 is 1.67 bits per heavy atom. The summed E-state index contributed by atoms with van der Waals surface area (Å²) in [6.45, 7) is 4.37. The van der Waals surface area contributed by atoms with Crippen LogP contribution >= 0.6 is 22.6 Å². The minimum atomic E-state index is -0.912. The number of ether oxygens (including phenoxy) is 1. The van der Waals surface area contributed by atoms with Gasteiger partial charge in [-0.3, -0.25) is 0 Å². The summed E-state index contributed by atoms with van der Waals surface area (Å²) in [5.41, 5.74) is -0.0729. The van der Waals surface area contributed by atoms with Crippen LogP contribution in [0.3, 0.4) is 0 Å². The van der Waals surface area contributed by atoms with Crippen molar-refractivity contribution in [2.45, 2.75) is 26.0 Å². The third-order valence-corrected chi connectivity index (χ3v) is 2.78. The van der Waals surface area contributed by atoms with Gasteiger partial charge in [-0.05, 0) is 42.5 Å². The van der Waals surface area contributed by atoms with Crippen molar-refractivity contribution in [3.8, 4) is 0 Å². The van der Waals surface area contributed by atoms with Crippen molar-refractivity contribution in [2.75, 3.05) is 7.11 Å². The van der Waals surface area contributed by atoms with Crippen molar-refractivity contribution in [2.24, 2.45) is 0 Å². The Kier molecular flexibility index (Phi) is 3.77. The number of nitrogens with zero attached hydrogens (tertiary/aromatic N) is 1. The maximum atomic E-state index is 10.9.